The Hall–Kier alpha value is -1.88. The number of anilines is 1. The number of aliphatic hydroxyl groups is 2. The van der Waals surface area contributed by atoms with Crippen LogP contribution >= 0.6 is 11.6 Å². The Bertz CT molecular complexity index is 688. The lowest BCUT2D eigenvalue weighted by Gasteiger charge is -2.30. The molecule has 126 valence electrons. The average Bonchev–Trinajstić information content (AvgIpc) is 2.77. The van der Waals surface area contributed by atoms with Gasteiger partial charge in [-0.2, -0.15) is 4.98 Å². The van der Waals surface area contributed by atoms with E-state index in [4.69, 9.17) is 27.1 Å². The van der Waals surface area contributed by atoms with Crippen LogP contribution in [-0.2, 0) is 4.74 Å². The summed E-state index contributed by atoms with van der Waals surface area (Å²) in [5.41, 5.74) is 6.74. The van der Waals surface area contributed by atoms with Crippen molar-refractivity contribution in [1.82, 2.24) is 9.55 Å². The van der Waals surface area contributed by atoms with E-state index in [0.29, 0.717) is 0 Å². The van der Waals surface area contributed by atoms with Gasteiger partial charge < -0.3 is 14.9 Å². The molecule has 12 heteroatoms. The Kier molecular flexibility index (Phi) is 4.80. The van der Waals surface area contributed by atoms with Crippen LogP contribution in [0.25, 0.3) is 10.4 Å². The Morgan fingerprint density at radius 1 is 1.70 bits per heavy atom. The van der Waals surface area contributed by atoms with Crippen molar-refractivity contribution in [3.05, 3.63) is 33.1 Å². The molecule has 1 aromatic heterocycles. The lowest BCUT2D eigenvalue weighted by atomic mass is 9.86. The van der Waals surface area contributed by atoms with E-state index in [1.165, 1.54) is 13.1 Å². The van der Waals surface area contributed by atoms with Crippen molar-refractivity contribution in [2.45, 2.75) is 30.4 Å². The van der Waals surface area contributed by atoms with Crippen LogP contribution in [0.5, 0.6) is 0 Å². The van der Waals surface area contributed by atoms with Crippen LogP contribution in [0.1, 0.15) is 13.2 Å². The predicted octanol–water partition coefficient (Wildman–Crippen LogP) is -0.0270. The van der Waals surface area contributed by atoms with Crippen molar-refractivity contribution in [3.8, 4) is 0 Å². The summed E-state index contributed by atoms with van der Waals surface area (Å²) in [6, 6.07) is 1.09. The number of alkyl halides is 1. The van der Waals surface area contributed by atoms with Gasteiger partial charge in [-0.15, -0.1) is 11.6 Å². The number of aliphatic hydroxyl groups excluding tert-OH is 2. The van der Waals surface area contributed by atoms with E-state index in [1.54, 1.807) is 5.48 Å². The normalized spacial score (nSPS) is 33.3. The third kappa shape index (κ3) is 2.63. The molecular weight excluding hydrogens is 332 g/mol. The second kappa shape index (κ2) is 6.32. The standard InChI is InChI=1S/C11H15ClN6O5/c1-10(16-17-13)7(21)11(4-12,5-19)23-8(10)18-3-2-6(20)14-9(18)15-22/h2-3,7-8,19,21-22H,4-5H2,1H3,(H,14,15,20)/t7-,8+,10+,11+/m0/s1. The number of nitrogens with one attached hydrogen (secondary N) is 1. The maximum Gasteiger partial charge on any atom is 0.274 e. The molecule has 0 aliphatic carbocycles. The maximum absolute atomic E-state index is 11.3. The van der Waals surface area contributed by atoms with Crippen LogP contribution in [0.15, 0.2) is 22.2 Å². The number of ether oxygens (including phenoxy) is 1. The van der Waals surface area contributed by atoms with Gasteiger partial charge in [-0.05, 0) is 12.5 Å². The molecule has 1 aliphatic rings. The van der Waals surface area contributed by atoms with Crippen molar-refractivity contribution in [1.29, 1.82) is 0 Å². The molecule has 4 N–H and O–H groups in total. The number of hydrogen-bond donors (Lipinski definition) is 4. The highest BCUT2D eigenvalue weighted by Crippen LogP contribution is 2.47. The van der Waals surface area contributed by atoms with Crippen LogP contribution in [0.4, 0.5) is 5.95 Å². The third-order valence-corrected chi connectivity index (χ3v) is 4.30. The molecule has 0 saturated carbocycles. The van der Waals surface area contributed by atoms with Gasteiger partial charge in [-0.25, -0.2) is 5.48 Å². The van der Waals surface area contributed by atoms with Gasteiger partial charge in [0.1, 0.15) is 17.2 Å². The number of halogens is 1. The van der Waals surface area contributed by atoms with Crippen LogP contribution in [-0.4, -0.2) is 54.7 Å². The highest BCUT2D eigenvalue weighted by atomic mass is 35.5. The minimum absolute atomic E-state index is 0.285. The first-order valence-corrected chi connectivity index (χ1v) is 7.00. The summed E-state index contributed by atoms with van der Waals surface area (Å²) in [4.78, 5) is 17.5. The van der Waals surface area contributed by atoms with Gasteiger partial charge >= 0.3 is 0 Å². The summed E-state index contributed by atoms with van der Waals surface area (Å²) in [7, 11) is 0. The molecule has 2 rings (SSSR count). The molecule has 0 aromatic carbocycles. The Morgan fingerprint density at radius 2 is 2.39 bits per heavy atom. The molecule has 0 bridgehead atoms. The molecule has 1 saturated heterocycles. The van der Waals surface area contributed by atoms with Crippen LogP contribution < -0.4 is 11.0 Å². The predicted molar refractivity (Wildman–Crippen MR) is 78.1 cm³/mol. The largest absolute Gasteiger partial charge is 0.393 e. The van der Waals surface area contributed by atoms with Crippen molar-refractivity contribution >= 4 is 17.5 Å². The lowest BCUT2D eigenvalue weighted by molar-refractivity contribution is -0.113. The van der Waals surface area contributed by atoms with Crippen molar-refractivity contribution < 1.29 is 20.2 Å². The Balaban J connectivity index is 2.64. The van der Waals surface area contributed by atoms with E-state index >= 15 is 0 Å². The SMILES string of the molecule is C[C@@]1(N=[N+]=[N-])[C@H](O)[C@](CO)(CCl)O[C@H]1n1ccc(=O)nc1NO. The molecule has 0 radical (unpaired) electrons. The second-order valence-electron chi connectivity index (χ2n) is 5.25. The molecule has 11 nitrogen and oxygen atoms in total. The van der Waals surface area contributed by atoms with Crippen LogP contribution in [0.2, 0.25) is 0 Å². The molecule has 0 unspecified atom stereocenters. The fraction of sp³-hybridized carbons (Fsp3) is 0.636. The first kappa shape index (κ1) is 17.5. The minimum atomic E-state index is -1.59. The van der Waals surface area contributed by atoms with E-state index in [2.05, 4.69) is 15.0 Å². The molecular formula is C11H15ClN6O5. The third-order valence-electron chi connectivity index (χ3n) is 3.84. The van der Waals surface area contributed by atoms with E-state index in [-0.39, 0.29) is 11.8 Å². The molecule has 1 aliphatic heterocycles. The zero-order valence-corrected chi connectivity index (χ0v) is 12.8. The van der Waals surface area contributed by atoms with Gasteiger partial charge in [0.2, 0.25) is 5.95 Å². The molecule has 0 amide bonds. The van der Waals surface area contributed by atoms with Crippen LogP contribution in [0.3, 0.4) is 0 Å². The Labute approximate surface area is 134 Å². The van der Waals surface area contributed by atoms with Gasteiger partial charge in [0.25, 0.3) is 5.56 Å². The number of rotatable bonds is 5. The number of hydrogen-bond acceptors (Lipinski definition) is 8. The quantitative estimate of drug-likeness (QED) is 0.191. The van der Waals surface area contributed by atoms with Gasteiger partial charge in [0.05, 0.1) is 12.5 Å². The molecule has 23 heavy (non-hydrogen) atoms. The monoisotopic (exact) mass is 346 g/mol. The van der Waals surface area contributed by atoms with E-state index in [1.807, 2.05) is 0 Å². The smallest absolute Gasteiger partial charge is 0.274 e. The van der Waals surface area contributed by atoms with E-state index < -0.39 is 35.6 Å². The zero-order valence-electron chi connectivity index (χ0n) is 12.0. The molecule has 4 atom stereocenters. The second-order valence-corrected chi connectivity index (χ2v) is 5.52. The highest BCUT2D eigenvalue weighted by Gasteiger charge is 2.61. The number of nitrogens with zero attached hydrogens (tertiary/aromatic N) is 5. The fourth-order valence-electron chi connectivity index (χ4n) is 2.57. The summed E-state index contributed by atoms with van der Waals surface area (Å²) in [5, 5.41) is 32.8. The fourth-order valence-corrected chi connectivity index (χ4v) is 2.86. The summed E-state index contributed by atoms with van der Waals surface area (Å²) < 4.78 is 6.83. The van der Waals surface area contributed by atoms with E-state index in [9.17, 15) is 15.0 Å². The van der Waals surface area contributed by atoms with Gasteiger partial charge in [0, 0.05) is 17.2 Å². The van der Waals surface area contributed by atoms with Crippen molar-refractivity contribution in [2.75, 3.05) is 18.0 Å². The Morgan fingerprint density at radius 3 is 2.91 bits per heavy atom. The van der Waals surface area contributed by atoms with Gasteiger partial charge in [0.15, 0.2) is 6.23 Å². The topological polar surface area (TPSA) is 166 Å². The average molecular weight is 347 g/mol. The summed E-state index contributed by atoms with van der Waals surface area (Å²) >= 11 is 5.82. The van der Waals surface area contributed by atoms with E-state index in [0.717, 1.165) is 10.6 Å². The van der Waals surface area contributed by atoms with Gasteiger partial charge in [-0.3, -0.25) is 14.6 Å². The zero-order chi connectivity index (χ0) is 17.3. The summed E-state index contributed by atoms with van der Waals surface area (Å²) in [6.45, 7) is 0.755. The molecule has 1 aromatic rings. The lowest BCUT2D eigenvalue weighted by Crippen LogP contribution is -2.51. The number of aromatic nitrogens is 2. The minimum Gasteiger partial charge on any atom is -0.393 e. The first-order chi connectivity index (χ1) is 10.9. The van der Waals surface area contributed by atoms with Crippen LogP contribution in [0, 0.1) is 0 Å². The molecule has 2 heterocycles. The molecule has 0 spiro atoms. The summed E-state index contributed by atoms with van der Waals surface area (Å²) in [6.07, 6.45) is -1.41. The first-order valence-electron chi connectivity index (χ1n) is 6.47. The van der Waals surface area contributed by atoms with Gasteiger partial charge in [-0.1, -0.05) is 5.11 Å². The number of azide groups is 1. The molecule has 1 fully saturated rings. The van der Waals surface area contributed by atoms with Crippen molar-refractivity contribution in [2.24, 2.45) is 5.11 Å². The van der Waals surface area contributed by atoms with Crippen molar-refractivity contribution in [3.63, 3.8) is 0 Å². The highest BCUT2D eigenvalue weighted by molar-refractivity contribution is 6.18. The summed E-state index contributed by atoms with van der Waals surface area (Å²) in [5.74, 6) is -0.579. The maximum atomic E-state index is 11.3.